The summed E-state index contributed by atoms with van der Waals surface area (Å²) in [6, 6.07) is 6.85. The van der Waals surface area contributed by atoms with Crippen LogP contribution in [0.2, 0.25) is 0 Å². The van der Waals surface area contributed by atoms with Crippen LogP contribution in [0.3, 0.4) is 0 Å². The molecule has 0 saturated carbocycles. The number of nitrogens with zero attached hydrogens (tertiary/aromatic N) is 4. The monoisotopic (exact) mass is 320 g/mol. The molecule has 0 N–H and O–H groups in total. The van der Waals surface area contributed by atoms with E-state index in [0.29, 0.717) is 17.1 Å². The summed E-state index contributed by atoms with van der Waals surface area (Å²) in [6.45, 7) is 3.78. The van der Waals surface area contributed by atoms with Crippen molar-refractivity contribution < 1.29 is 12.8 Å². The smallest absolute Gasteiger partial charge is 0.324 e. The number of sulfonamides is 1. The van der Waals surface area contributed by atoms with E-state index in [-0.39, 0.29) is 4.90 Å². The highest BCUT2D eigenvalue weighted by Crippen LogP contribution is 2.23. The third-order valence-corrected chi connectivity index (χ3v) is 5.13. The second-order valence-corrected chi connectivity index (χ2v) is 7.40. The molecule has 0 aliphatic heterocycles. The van der Waals surface area contributed by atoms with Crippen molar-refractivity contribution in [2.75, 3.05) is 14.1 Å². The van der Waals surface area contributed by atoms with Gasteiger partial charge in [-0.25, -0.2) is 12.7 Å². The number of benzene rings is 1. The Kier molecular flexibility index (Phi) is 3.30. The fraction of sp³-hybridized carbons (Fsp3) is 0.286. The van der Waals surface area contributed by atoms with Crippen molar-refractivity contribution in [1.29, 1.82) is 0 Å². The molecule has 0 bridgehead atoms. The maximum atomic E-state index is 12.2. The molecule has 0 aliphatic carbocycles. The van der Waals surface area contributed by atoms with Gasteiger partial charge in [0.05, 0.1) is 10.6 Å². The van der Waals surface area contributed by atoms with Crippen LogP contribution in [0.1, 0.15) is 11.4 Å². The zero-order valence-corrected chi connectivity index (χ0v) is 13.5. The van der Waals surface area contributed by atoms with Gasteiger partial charge in [0.2, 0.25) is 10.0 Å². The van der Waals surface area contributed by atoms with Gasteiger partial charge in [0.25, 0.3) is 0 Å². The van der Waals surface area contributed by atoms with Crippen molar-refractivity contribution in [3.8, 4) is 6.01 Å². The van der Waals surface area contributed by atoms with E-state index in [4.69, 9.17) is 4.42 Å². The summed E-state index contributed by atoms with van der Waals surface area (Å²) in [7, 11) is -0.519. The van der Waals surface area contributed by atoms with Crippen LogP contribution in [-0.4, -0.2) is 41.6 Å². The van der Waals surface area contributed by atoms with Crippen LogP contribution in [0.15, 0.2) is 33.6 Å². The molecule has 0 spiro atoms. The highest BCUT2D eigenvalue weighted by Gasteiger charge is 2.19. The number of aryl methyl sites for hydroxylation is 2. The van der Waals surface area contributed by atoms with Gasteiger partial charge in [-0.1, -0.05) is 0 Å². The van der Waals surface area contributed by atoms with Crippen LogP contribution < -0.4 is 0 Å². The SMILES string of the molecule is Cc1cc(C)n(-c2nc3cc(S(=O)(=O)N(C)C)ccc3o2)n1. The predicted molar refractivity (Wildman–Crippen MR) is 81.5 cm³/mol. The Morgan fingerprint density at radius 3 is 2.50 bits per heavy atom. The maximum Gasteiger partial charge on any atom is 0.324 e. The molecule has 7 nitrogen and oxygen atoms in total. The molecule has 2 heterocycles. The Labute approximate surface area is 128 Å². The molecule has 1 aromatic carbocycles. The minimum atomic E-state index is -3.50. The van der Waals surface area contributed by atoms with Crippen LogP contribution in [0.5, 0.6) is 0 Å². The molecule has 2 aromatic heterocycles. The summed E-state index contributed by atoms with van der Waals surface area (Å²) in [5.74, 6) is 0. The molecule has 0 unspecified atom stereocenters. The summed E-state index contributed by atoms with van der Waals surface area (Å²) >= 11 is 0. The highest BCUT2D eigenvalue weighted by atomic mass is 32.2. The molecular weight excluding hydrogens is 304 g/mol. The zero-order chi connectivity index (χ0) is 16.1. The first kappa shape index (κ1) is 14.7. The van der Waals surface area contributed by atoms with Gasteiger partial charge in [-0.15, -0.1) is 0 Å². The highest BCUT2D eigenvalue weighted by molar-refractivity contribution is 7.89. The molecule has 0 aliphatic rings. The topological polar surface area (TPSA) is 81.2 Å². The number of rotatable bonds is 3. The first-order chi connectivity index (χ1) is 10.3. The minimum Gasteiger partial charge on any atom is -0.422 e. The molecule has 116 valence electrons. The van der Waals surface area contributed by atoms with E-state index in [2.05, 4.69) is 10.1 Å². The number of fused-ring (bicyclic) bond motifs is 1. The summed E-state index contributed by atoms with van der Waals surface area (Å²) < 4.78 is 32.7. The molecule has 0 atom stereocenters. The van der Waals surface area contributed by atoms with E-state index in [0.717, 1.165) is 15.7 Å². The molecule has 0 saturated heterocycles. The number of oxazole rings is 1. The average molecular weight is 320 g/mol. The maximum absolute atomic E-state index is 12.2. The molecule has 0 radical (unpaired) electrons. The van der Waals surface area contributed by atoms with E-state index in [1.165, 1.54) is 26.2 Å². The lowest BCUT2D eigenvalue weighted by molar-refractivity contribution is 0.521. The van der Waals surface area contributed by atoms with E-state index in [1.54, 1.807) is 10.7 Å². The summed E-state index contributed by atoms with van der Waals surface area (Å²) in [5.41, 5.74) is 2.74. The first-order valence-electron chi connectivity index (χ1n) is 6.66. The van der Waals surface area contributed by atoms with Gasteiger partial charge in [-0.2, -0.15) is 14.8 Å². The Morgan fingerprint density at radius 2 is 1.91 bits per heavy atom. The summed E-state index contributed by atoms with van der Waals surface area (Å²) in [4.78, 5) is 4.52. The molecule has 8 heteroatoms. The van der Waals surface area contributed by atoms with E-state index in [1.807, 2.05) is 19.9 Å². The van der Waals surface area contributed by atoms with Gasteiger partial charge < -0.3 is 4.42 Å². The second kappa shape index (κ2) is 4.92. The second-order valence-electron chi connectivity index (χ2n) is 5.25. The lowest BCUT2D eigenvalue weighted by atomic mass is 10.3. The number of hydrogen-bond acceptors (Lipinski definition) is 5. The van der Waals surface area contributed by atoms with Gasteiger partial charge in [0, 0.05) is 19.8 Å². The van der Waals surface area contributed by atoms with Crippen molar-refractivity contribution in [1.82, 2.24) is 19.1 Å². The fourth-order valence-electron chi connectivity index (χ4n) is 2.18. The van der Waals surface area contributed by atoms with E-state index in [9.17, 15) is 8.42 Å². The standard InChI is InChI=1S/C14H16N4O3S/c1-9-7-10(2)18(16-9)14-15-12-8-11(5-6-13(12)21-14)22(19,20)17(3)4/h5-8H,1-4H3. The minimum absolute atomic E-state index is 0.179. The van der Waals surface area contributed by atoms with Crippen molar-refractivity contribution in [3.63, 3.8) is 0 Å². The first-order valence-corrected chi connectivity index (χ1v) is 8.10. The van der Waals surface area contributed by atoms with Crippen LogP contribution in [0.4, 0.5) is 0 Å². The van der Waals surface area contributed by atoms with Gasteiger partial charge >= 0.3 is 6.01 Å². The molecular formula is C14H16N4O3S. The number of hydrogen-bond donors (Lipinski definition) is 0. The fourth-order valence-corrected chi connectivity index (χ4v) is 3.10. The Bertz CT molecular complexity index is 954. The van der Waals surface area contributed by atoms with Gasteiger partial charge in [0.1, 0.15) is 5.52 Å². The van der Waals surface area contributed by atoms with Crippen LogP contribution in [-0.2, 0) is 10.0 Å². The van der Waals surface area contributed by atoms with Crippen molar-refractivity contribution in [3.05, 3.63) is 35.7 Å². The normalized spacial score (nSPS) is 12.4. The van der Waals surface area contributed by atoms with Gasteiger partial charge in [-0.05, 0) is 38.1 Å². The van der Waals surface area contributed by atoms with Crippen LogP contribution in [0, 0.1) is 13.8 Å². The third-order valence-electron chi connectivity index (χ3n) is 3.32. The van der Waals surface area contributed by atoms with Crippen LogP contribution >= 0.6 is 0 Å². The summed E-state index contributed by atoms with van der Waals surface area (Å²) in [5, 5.41) is 4.31. The molecule has 0 fully saturated rings. The van der Waals surface area contributed by atoms with Gasteiger partial charge in [-0.3, -0.25) is 0 Å². The Morgan fingerprint density at radius 1 is 1.18 bits per heavy atom. The number of aromatic nitrogens is 3. The lowest BCUT2D eigenvalue weighted by Crippen LogP contribution is -2.22. The predicted octanol–water partition coefficient (Wildman–Crippen LogP) is 1.88. The third kappa shape index (κ3) is 2.30. The summed E-state index contributed by atoms with van der Waals surface area (Å²) in [6.07, 6.45) is 0. The largest absolute Gasteiger partial charge is 0.422 e. The van der Waals surface area contributed by atoms with Crippen molar-refractivity contribution in [2.45, 2.75) is 18.7 Å². The average Bonchev–Trinajstić information content (AvgIpc) is 3.00. The molecule has 0 amide bonds. The Hall–Kier alpha value is -2.19. The van der Waals surface area contributed by atoms with Gasteiger partial charge in [0.15, 0.2) is 5.58 Å². The van der Waals surface area contributed by atoms with Crippen molar-refractivity contribution in [2.24, 2.45) is 0 Å². The van der Waals surface area contributed by atoms with Crippen molar-refractivity contribution >= 4 is 21.1 Å². The van der Waals surface area contributed by atoms with E-state index < -0.39 is 10.0 Å². The molecule has 22 heavy (non-hydrogen) atoms. The zero-order valence-electron chi connectivity index (χ0n) is 12.7. The van der Waals surface area contributed by atoms with Crippen LogP contribution in [0.25, 0.3) is 17.1 Å². The molecule has 3 aromatic rings. The van der Waals surface area contributed by atoms with E-state index >= 15 is 0 Å². The molecule has 3 rings (SSSR count). The Balaban J connectivity index is 2.14. The quantitative estimate of drug-likeness (QED) is 0.736. The lowest BCUT2D eigenvalue weighted by Gasteiger charge is -2.10.